The first kappa shape index (κ1) is 25.1. The number of hydrogen-bond donors (Lipinski definition) is 0. The molecule has 0 saturated carbocycles. The molecule has 0 atom stereocenters. The Bertz CT molecular complexity index is 1060. The second-order valence-electron chi connectivity index (χ2n) is 6.95. The summed E-state index contributed by atoms with van der Waals surface area (Å²) in [6.07, 6.45) is 0.790. The molecular weight excluding hydrogens is 456 g/mol. The van der Waals surface area contributed by atoms with E-state index in [4.69, 9.17) is 0 Å². The molecular formula is C21H25ClN4O3S2. The quantitative estimate of drug-likeness (QED) is 0.234. The molecule has 0 radical (unpaired) electrons. The normalized spacial score (nSPS) is 10.8. The number of nitro groups is 1. The van der Waals surface area contributed by atoms with Gasteiger partial charge < -0.3 is 4.90 Å². The number of carbonyl (C=O) groups is 1. The van der Waals surface area contributed by atoms with Crippen molar-refractivity contribution in [1.29, 1.82) is 0 Å². The number of nitrogens with zero attached hydrogens (tertiary/aromatic N) is 4. The van der Waals surface area contributed by atoms with E-state index in [0.29, 0.717) is 27.5 Å². The van der Waals surface area contributed by atoms with Gasteiger partial charge in [0.05, 0.1) is 20.7 Å². The Morgan fingerprint density at radius 2 is 1.94 bits per heavy atom. The van der Waals surface area contributed by atoms with E-state index in [1.165, 1.54) is 23.5 Å². The minimum Gasteiger partial charge on any atom is -0.309 e. The number of thiazole rings is 1. The molecule has 0 aliphatic heterocycles. The van der Waals surface area contributed by atoms with Crippen LogP contribution in [0.25, 0.3) is 10.2 Å². The summed E-state index contributed by atoms with van der Waals surface area (Å²) in [6.45, 7) is 3.41. The van der Waals surface area contributed by atoms with Gasteiger partial charge in [-0.1, -0.05) is 30.4 Å². The van der Waals surface area contributed by atoms with E-state index in [-0.39, 0.29) is 24.0 Å². The number of non-ortho nitro benzene ring substituents is 1. The maximum absolute atomic E-state index is 13.5. The lowest BCUT2D eigenvalue weighted by atomic mass is 10.2. The number of halogens is 1. The smallest absolute Gasteiger partial charge is 0.270 e. The standard InChI is InChI=1S/C21H24N4O3S2.ClH/c1-4-29-18-9-6-5-8-16(18)20(26)24(13-7-12-23(2)3)21-22-17-11-10-15(25(27)28)14-19(17)30-21;/h5-6,8-11,14H,4,7,12-13H2,1-3H3;1H. The third-order valence-electron chi connectivity index (χ3n) is 4.45. The van der Waals surface area contributed by atoms with Crippen molar-refractivity contribution in [2.24, 2.45) is 0 Å². The van der Waals surface area contributed by atoms with E-state index in [1.54, 1.807) is 22.7 Å². The summed E-state index contributed by atoms with van der Waals surface area (Å²) < 4.78 is 0.695. The van der Waals surface area contributed by atoms with E-state index in [9.17, 15) is 14.9 Å². The number of anilines is 1. The Labute approximate surface area is 196 Å². The third-order valence-corrected chi connectivity index (χ3v) is 6.45. The Kier molecular flexibility index (Phi) is 9.24. The first-order valence-electron chi connectivity index (χ1n) is 9.64. The molecule has 1 amide bonds. The van der Waals surface area contributed by atoms with Crippen molar-refractivity contribution in [3.8, 4) is 0 Å². The van der Waals surface area contributed by atoms with Gasteiger partial charge in [-0.25, -0.2) is 4.98 Å². The van der Waals surface area contributed by atoms with Crippen LogP contribution in [0.2, 0.25) is 0 Å². The number of benzene rings is 2. The lowest BCUT2D eigenvalue weighted by Gasteiger charge is -2.22. The predicted octanol–water partition coefficient (Wildman–Crippen LogP) is 5.34. The maximum Gasteiger partial charge on any atom is 0.270 e. The van der Waals surface area contributed by atoms with Crippen molar-refractivity contribution in [1.82, 2.24) is 9.88 Å². The van der Waals surface area contributed by atoms with Crippen molar-refractivity contribution in [2.45, 2.75) is 18.2 Å². The van der Waals surface area contributed by atoms with Crippen LogP contribution in [0.3, 0.4) is 0 Å². The Morgan fingerprint density at radius 3 is 2.61 bits per heavy atom. The monoisotopic (exact) mass is 480 g/mol. The zero-order valence-corrected chi connectivity index (χ0v) is 20.1. The highest BCUT2D eigenvalue weighted by atomic mass is 35.5. The van der Waals surface area contributed by atoms with Gasteiger partial charge in [0.1, 0.15) is 0 Å². The van der Waals surface area contributed by atoms with Crippen LogP contribution >= 0.6 is 35.5 Å². The van der Waals surface area contributed by atoms with Crippen LogP contribution in [0.4, 0.5) is 10.8 Å². The van der Waals surface area contributed by atoms with Gasteiger partial charge in [0.25, 0.3) is 11.6 Å². The van der Waals surface area contributed by atoms with E-state index in [0.717, 1.165) is 23.6 Å². The van der Waals surface area contributed by atoms with Crippen LogP contribution < -0.4 is 4.90 Å². The van der Waals surface area contributed by atoms with Crippen molar-refractivity contribution >= 4 is 62.4 Å². The summed E-state index contributed by atoms with van der Waals surface area (Å²) in [5, 5.41) is 11.7. The molecule has 1 heterocycles. The number of rotatable bonds is 9. The summed E-state index contributed by atoms with van der Waals surface area (Å²) in [5.41, 5.74) is 1.33. The molecule has 3 rings (SSSR count). The Hall–Kier alpha value is -2.20. The van der Waals surface area contributed by atoms with Gasteiger partial charge in [0, 0.05) is 23.6 Å². The van der Waals surface area contributed by atoms with Crippen molar-refractivity contribution in [3.63, 3.8) is 0 Å². The molecule has 0 unspecified atom stereocenters. The van der Waals surface area contributed by atoms with Gasteiger partial charge in [-0.3, -0.25) is 19.8 Å². The van der Waals surface area contributed by atoms with Crippen LogP contribution in [-0.2, 0) is 0 Å². The predicted molar refractivity (Wildman–Crippen MR) is 131 cm³/mol. The van der Waals surface area contributed by atoms with Crippen LogP contribution in [0.15, 0.2) is 47.4 Å². The molecule has 0 bridgehead atoms. The largest absolute Gasteiger partial charge is 0.309 e. The lowest BCUT2D eigenvalue weighted by Crippen LogP contribution is -2.33. The van der Waals surface area contributed by atoms with Crippen LogP contribution in [0.1, 0.15) is 23.7 Å². The van der Waals surface area contributed by atoms with Gasteiger partial charge in [-0.15, -0.1) is 24.2 Å². The fourth-order valence-electron chi connectivity index (χ4n) is 3.03. The highest BCUT2D eigenvalue weighted by Gasteiger charge is 2.23. The Morgan fingerprint density at radius 1 is 1.19 bits per heavy atom. The van der Waals surface area contributed by atoms with Gasteiger partial charge in [0.15, 0.2) is 5.13 Å². The second kappa shape index (κ2) is 11.4. The van der Waals surface area contributed by atoms with E-state index in [1.807, 2.05) is 38.4 Å². The lowest BCUT2D eigenvalue weighted by molar-refractivity contribution is -0.384. The number of thioether (sulfide) groups is 1. The molecule has 0 fully saturated rings. The number of nitro benzene ring substituents is 1. The number of aromatic nitrogens is 1. The zero-order chi connectivity index (χ0) is 21.7. The van der Waals surface area contributed by atoms with Gasteiger partial charge in [0.2, 0.25) is 0 Å². The van der Waals surface area contributed by atoms with Crippen LogP contribution in [0, 0.1) is 10.1 Å². The molecule has 3 aromatic rings. The molecule has 1 aromatic heterocycles. The number of hydrogen-bond acceptors (Lipinski definition) is 7. The fraction of sp³-hybridized carbons (Fsp3) is 0.333. The molecule has 166 valence electrons. The first-order valence-corrected chi connectivity index (χ1v) is 11.4. The third kappa shape index (κ3) is 6.16. The van der Waals surface area contributed by atoms with E-state index < -0.39 is 4.92 Å². The van der Waals surface area contributed by atoms with Gasteiger partial charge in [-0.05, 0) is 51.0 Å². The molecule has 0 aliphatic carbocycles. The summed E-state index contributed by atoms with van der Waals surface area (Å²) in [7, 11) is 3.99. The maximum atomic E-state index is 13.5. The highest BCUT2D eigenvalue weighted by molar-refractivity contribution is 7.99. The zero-order valence-electron chi connectivity index (χ0n) is 17.6. The minimum atomic E-state index is -0.420. The van der Waals surface area contributed by atoms with E-state index in [2.05, 4.69) is 16.8 Å². The number of amides is 1. The van der Waals surface area contributed by atoms with Crippen molar-refractivity contribution < 1.29 is 9.72 Å². The van der Waals surface area contributed by atoms with Crippen molar-refractivity contribution in [3.05, 3.63) is 58.1 Å². The number of carbonyl (C=O) groups excluding carboxylic acids is 1. The van der Waals surface area contributed by atoms with Crippen LogP contribution in [0.5, 0.6) is 0 Å². The summed E-state index contributed by atoms with van der Waals surface area (Å²) >= 11 is 2.94. The molecule has 0 N–H and O–H groups in total. The SMILES string of the molecule is CCSc1ccccc1C(=O)N(CCCN(C)C)c1nc2ccc([N+](=O)[O-])cc2s1.Cl. The Balaban J connectivity index is 0.00000341. The molecule has 7 nitrogen and oxygen atoms in total. The molecule has 2 aromatic carbocycles. The fourth-order valence-corrected chi connectivity index (χ4v) is 4.85. The minimum absolute atomic E-state index is 0. The van der Waals surface area contributed by atoms with E-state index >= 15 is 0 Å². The average molecular weight is 481 g/mol. The van der Waals surface area contributed by atoms with Gasteiger partial charge in [-0.2, -0.15) is 0 Å². The summed E-state index contributed by atoms with van der Waals surface area (Å²) in [5.74, 6) is 0.772. The molecule has 31 heavy (non-hydrogen) atoms. The molecule has 10 heteroatoms. The average Bonchev–Trinajstić information content (AvgIpc) is 3.14. The number of fused-ring (bicyclic) bond motifs is 1. The molecule has 0 saturated heterocycles. The molecule has 0 aliphatic rings. The van der Waals surface area contributed by atoms with Gasteiger partial charge >= 0.3 is 0 Å². The summed E-state index contributed by atoms with van der Waals surface area (Å²) in [6, 6.07) is 12.2. The summed E-state index contributed by atoms with van der Waals surface area (Å²) in [4.78, 5) is 33.5. The highest BCUT2D eigenvalue weighted by Crippen LogP contribution is 2.33. The topological polar surface area (TPSA) is 79.6 Å². The first-order chi connectivity index (χ1) is 14.4. The molecule has 0 spiro atoms. The van der Waals surface area contributed by atoms with Crippen molar-refractivity contribution in [2.75, 3.05) is 37.8 Å². The van der Waals surface area contributed by atoms with Crippen LogP contribution in [-0.4, -0.2) is 53.7 Å². The second-order valence-corrected chi connectivity index (χ2v) is 9.26.